The first kappa shape index (κ1) is 15.2. The van der Waals surface area contributed by atoms with Gasteiger partial charge < -0.3 is 15.8 Å². The lowest BCUT2D eigenvalue weighted by Crippen LogP contribution is -2.21. The molecule has 110 valence electrons. The van der Waals surface area contributed by atoms with Crippen molar-refractivity contribution in [2.45, 2.75) is 13.8 Å². The van der Waals surface area contributed by atoms with Gasteiger partial charge in [-0.25, -0.2) is 0 Å². The molecule has 21 heavy (non-hydrogen) atoms. The molecule has 0 fully saturated rings. The Morgan fingerprint density at radius 3 is 2.71 bits per heavy atom. The molecule has 5 heteroatoms. The first-order valence-electron chi connectivity index (χ1n) is 6.51. The average Bonchev–Trinajstić information content (AvgIpc) is 2.42. The fourth-order valence-electron chi connectivity index (χ4n) is 1.95. The number of halogens is 1. The fourth-order valence-corrected chi connectivity index (χ4v) is 2.18. The van der Waals surface area contributed by atoms with Crippen LogP contribution in [0.25, 0.3) is 0 Å². The number of hydrogen-bond donors (Lipinski definition) is 2. The van der Waals surface area contributed by atoms with Crippen molar-refractivity contribution in [3.8, 4) is 5.75 Å². The van der Waals surface area contributed by atoms with Crippen LogP contribution in [-0.4, -0.2) is 12.5 Å². The third kappa shape index (κ3) is 3.89. The number of nitrogen functional groups attached to an aromatic ring is 1. The molecule has 4 nitrogen and oxygen atoms in total. The van der Waals surface area contributed by atoms with E-state index in [9.17, 15) is 4.79 Å². The lowest BCUT2D eigenvalue weighted by Gasteiger charge is -2.12. The van der Waals surface area contributed by atoms with Crippen LogP contribution in [0, 0.1) is 13.8 Å². The minimum Gasteiger partial charge on any atom is -0.483 e. The largest absolute Gasteiger partial charge is 0.483 e. The molecule has 0 aromatic heterocycles. The van der Waals surface area contributed by atoms with Crippen molar-refractivity contribution in [2.75, 3.05) is 17.7 Å². The number of benzene rings is 2. The van der Waals surface area contributed by atoms with E-state index in [1.54, 1.807) is 18.2 Å². The quantitative estimate of drug-likeness (QED) is 0.849. The van der Waals surface area contributed by atoms with Gasteiger partial charge in [0.2, 0.25) is 0 Å². The Bertz CT molecular complexity index is 651. The van der Waals surface area contributed by atoms with Crippen molar-refractivity contribution in [1.82, 2.24) is 0 Å². The van der Waals surface area contributed by atoms with E-state index in [2.05, 4.69) is 5.32 Å². The van der Waals surface area contributed by atoms with Crippen LogP contribution in [0.5, 0.6) is 5.75 Å². The van der Waals surface area contributed by atoms with Crippen LogP contribution in [0.3, 0.4) is 0 Å². The zero-order valence-electron chi connectivity index (χ0n) is 11.9. The molecule has 0 aliphatic heterocycles. The van der Waals surface area contributed by atoms with Gasteiger partial charge in [0.1, 0.15) is 5.75 Å². The molecule has 3 N–H and O–H groups in total. The number of nitrogens with two attached hydrogens (primary N) is 1. The number of para-hydroxylation sites is 1. The minimum absolute atomic E-state index is 0.103. The molecule has 0 saturated heterocycles. The second kappa shape index (κ2) is 6.50. The average molecular weight is 305 g/mol. The van der Waals surface area contributed by atoms with Crippen LogP contribution in [0.2, 0.25) is 5.02 Å². The van der Waals surface area contributed by atoms with E-state index in [-0.39, 0.29) is 12.5 Å². The van der Waals surface area contributed by atoms with Gasteiger partial charge in [0, 0.05) is 0 Å². The topological polar surface area (TPSA) is 64.3 Å². The summed E-state index contributed by atoms with van der Waals surface area (Å²) in [6.45, 7) is 3.84. The van der Waals surface area contributed by atoms with Crippen LogP contribution in [-0.2, 0) is 4.79 Å². The Morgan fingerprint density at radius 2 is 2.05 bits per heavy atom. The number of ether oxygens (including phenoxy) is 1. The summed E-state index contributed by atoms with van der Waals surface area (Å²) in [5.41, 5.74) is 8.74. The van der Waals surface area contributed by atoms with Gasteiger partial charge in [-0.05, 0) is 37.6 Å². The Kier molecular flexibility index (Phi) is 4.70. The molecular formula is C16H17ClN2O2. The van der Waals surface area contributed by atoms with Crippen molar-refractivity contribution >= 4 is 28.9 Å². The maximum atomic E-state index is 11.9. The molecule has 0 aliphatic carbocycles. The highest BCUT2D eigenvalue weighted by Crippen LogP contribution is 2.27. The summed E-state index contributed by atoms with van der Waals surface area (Å²) in [4.78, 5) is 11.9. The van der Waals surface area contributed by atoms with E-state index in [0.717, 1.165) is 11.1 Å². The maximum Gasteiger partial charge on any atom is 0.262 e. The summed E-state index contributed by atoms with van der Waals surface area (Å²) < 4.78 is 5.51. The Morgan fingerprint density at radius 1 is 1.29 bits per heavy atom. The van der Waals surface area contributed by atoms with Gasteiger partial charge in [-0.1, -0.05) is 35.4 Å². The highest BCUT2D eigenvalue weighted by molar-refractivity contribution is 6.34. The van der Waals surface area contributed by atoms with Crippen molar-refractivity contribution < 1.29 is 9.53 Å². The van der Waals surface area contributed by atoms with E-state index >= 15 is 0 Å². The number of rotatable bonds is 4. The van der Waals surface area contributed by atoms with Gasteiger partial charge >= 0.3 is 0 Å². The van der Waals surface area contributed by atoms with Gasteiger partial charge in [0.15, 0.2) is 6.61 Å². The molecule has 0 heterocycles. The third-order valence-electron chi connectivity index (χ3n) is 3.00. The van der Waals surface area contributed by atoms with E-state index < -0.39 is 0 Å². The zero-order chi connectivity index (χ0) is 15.4. The summed E-state index contributed by atoms with van der Waals surface area (Å²) in [6, 6.07) is 10.8. The van der Waals surface area contributed by atoms with Gasteiger partial charge in [-0.3, -0.25) is 4.79 Å². The lowest BCUT2D eigenvalue weighted by molar-refractivity contribution is -0.118. The Balaban J connectivity index is 1.99. The van der Waals surface area contributed by atoms with Crippen LogP contribution in [0.15, 0.2) is 36.4 Å². The van der Waals surface area contributed by atoms with Crippen molar-refractivity contribution in [1.29, 1.82) is 0 Å². The molecular weight excluding hydrogens is 288 g/mol. The molecule has 0 spiro atoms. The number of carbonyl (C=O) groups excluding carboxylic acids is 1. The highest BCUT2D eigenvalue weighted by Gasteiger charge is 2.10. The molecule has 1 amide bonds. The van der Waals surface area contributed by atoms with Crippen molar-refractivity contribution in [2.24, 2.45) is 0 Å². The first-order valence-corrected chi connectivity index (χ1v) is 6.89. The molecule has 0 aliphatic rings. The Hall–Kier alpha value is -2.20. The van der Waals surface area contributed by atoms with E-state index in [1.165, 1.54) is 0 Å². The maximum absolute atomic E-state index is 11.9. The number of anilines is 2. The van der Waals surface area contributed by atoms with Crippen molar-refractivity contribution in [3.05, 3.63) is 52.5 Å². The van der Waals surface area contributed by atoms with Crippen LogP contribution >= 0.6 is 11.6 Å². The highest BCUT2D eigenvalue weighted by atomic mass is 35.5. The molecule has 0 unspecified atom stereocenters. The molecule has 0 atom stereocenters. The third-order valence-corrected chi connectivity index (χ3v) is 3.31. The summed E-state index contributed by atoms with van der Waals surface area (Å²) in [6.07, 6.45) is 0. The zero-order valence-corrected chi connectivity index (χ0v) is 12.7. The first-order chi connectivity index (χ1) is 9.97. The van der Waals surface area contributed by atoms with E-state index in [1.807, 2.05) is 32.0 Å². The monoisotopic (exact) mass is 304 g/mol. The second-order valence-electron chi connectivity index (χ2n) is 4.81. The summed E-state index contributed by atoms with van der Waals surface area (Å²) >= 11 is 6.00. The number of carbonyl (C=O) groups is 1. The number of amides is 1. The predicted octanol–water partition coefficient (Wildman–Crippen LogP) is 3.56. The van der Waals surface area contributed by atoms with Crippen molar-refractivity contribution in [3.63, 3.8) is 0 Å². The predicted molar refractivity (Wildman–Crippen MR) is 85.9 cm³/mol. The molecule has 0 saturated carbocycles. The fraction of sp³-hybridized carbons (Fsp3) is 0.188. The molecule has 2 aromatic rings. The lowest BCUT2D eigenvalue weighted by atomic mass is 10.1. The molecule has 0 bridgehead atoms. The second-order valence-corrected chi connectivity index (χ2v) is 5.22. The molecule has 2 aromatic carbocycles. The van der Waals surface area contributed by atoms with Crippen LogP contribution < -0.4 is 15.8 Å². The van der Waals surface area contributed by atoms with Crippen LogP contribution in [0.1, 0.15) is 11.1 Å². The minimum atomic E-state index is -0.310. The number of hydrogen-bond acceptors (Lipinski definition) is 3. The molecule has 0 radical (unpaired) electrons. The number of aryl methyl sites for hydroxylation is 2. The smallest absolute Gasteiger partial charge is 0.262 e. The summed E-state index contributed by atoms with van der Waals surface area (Å²) in [7, 11) is 0. The summed E-state index contributed by atoms with van der Waals surface area (Å²) in [5, 5.41) is 3.06. The number of nitrogens with one attached hydrogen (secondary N) is 1. The van der Waals surface area contributed by atoms with Crippen LogP contribution in [0.4, 0.5) is 11.4 Å². The van der Waals surface area contributed by atoms with E-state index in [0.29, 0.717) is 22.1 Å². The Labute approximate surface area is 128 Å². The van der Waals surface area contributed by atoms with Gasteiger partial charge in [-0.2, -0.15) is 0 Å². The van der Waals surface area contributed by atoms with Gasteiger partial charge in [0.25, 0.3) is 5.91 Å². The summed E-state index contributed by atoms with van der Waals surface area (Å²) in [5.74, 6) is 0.373. The van der Waals surface area contributed by atoms with Gasteiger partial charge in [0.05, 0.1) is 16.4 Å². The molecule has 2 rings (SSSR count). The van der Waals surface area contributed by atoms with E-state index in [4.69, 9.17) is 22.1 Å². The standard InChI is InChI=1S/C16H17ClN2O2/c1-10-6-7-14(11(2)8-10)21-9-15(20)19-16-12(17)4-3-5-13(16)18/h3-8H,9,18H2,1-2H3,(H,19,20). The van der Waals surface area contributed by atoms with Gasteiger partial charge in [-0.15, -0.1) is 0 Å². The normalized spacial score (nSPS) is 10.2. The SMILES string of the molecule is Cc1ccc(OCC(=O)Nc2c(N)cccc2Cl)c(C)c1.